The molecule has 6 heteroatoms. The first-order valence-corrected chi connectivity index (χ1v) is 7.99. The molecule has 1 aliphatic heterocycles. The topological polar surface area (TPSA) is 69.6 Å². The van der Waals surface area contributed by atoms with Crippen LogP contribution in [0.3, 0.4) is 0 Å². The summed E-state index contributed by atoms with van der Waals surface area (Å²) in [7, 11) is -3.54. The average Bonchev–Trinajstić information content (AvgIpc) is 2.39. The summed E-state index contributed by atoms with van der Waals surface area (Å²) in [5.74, 6) is 0. The first-order valence-electron chi connectivity index (χ1n) is 6.51. The van der Waals surface area contributed by atoms with Crippen LogP contribution in [0, 0.1) is 6.92 Å². The first-order chi connectivity index (χ1) is 9.03. The van der Waals surface area contributed by atoms with E-state index in [2.05, 4.69) is 4.83 Å². The zero-order valence-electron chi connectivity index (χ0n) is 11.1. The number of hydrazine groups is 1. The fourth-order valence-corrected chi connectivity index (χ4v) is 3.37. The lowest BCUT2D eigenvalue weighted by Crippen LogP contribution is -2.44. The van der Waals surface area contributed by atoms with Crippen LogP contribution in [0.2, 0.25) is 0 Å². The Labute approximate surface area is 114 Å². The van der Waals surface area contributed by atoms with E-state index in [0.717, 1.165) is 37.9 Å². The smallest absolute Gasteiger partial charge is 0.253 e. The number of nitrogens with zero attached hydrogens (tertiary/aromatic N) is 1. The van der Waals surface area contributed by atoms with Crippen molar-refractivity contribution in [3.8, 4) is 0 Å². The molecule has 0 spiro atoms. The Morgan fingerprint density at radius 3 is 2.58 bits per heavy atom. The molecule has 0 bridgehead atoms. The fourth-order valence-electron chi connectivity index (χ4n) is 2.19. The Morgan fingerprint density at radius 1 is 1.26 bits per heavy atom. The zero-order valence-corrected chi connectivity index (χ0v) is 11.9. The maximum absolute atomic E-state index is 12.2. The summed E-state index contributed by atoms with van der Waals surface area (Å²) < 4.78 is 24.5. The lowest BCUT2D eigenvalue weighted by molar-refractivity contribution is 0.200. The maximum Gasteiger partial charge on any atom is 0.253 e. The SMILES string of the molecule is Cc1ccc(S(=O)(=O)NN2CCCCC2)cc1CO. The number of sulfonamides is 1. The van der Waals surface area contributed by atoms with Gasteiger partial charge in [0.2, 0.25) is 0 Å². The standard InChI is InChI=1S/C13H20N2O3S/c1-11-5-6-13(9-12(11)10-16)19(17,18)14-15-7-3-2-4-8-15/h5-6,9,14,16H,2-4,7-8,10H2,1H3. The summed E-state index contributed by atoms with van der Waals surface area (Å²) in [5, 5.41) is 11.0. The summed E-state index contributed by atoms with van der Waals surface area (Å²) in [5.41, 5.74) is 1.53. The monoisotopic (exact) mass is 284 g/mol. The molecule has 0 saturated carbocycles. The lowest BCUT2D eigenvalue weighted by Gasteiger charge is -2.26. The maximum atomic E-state index is 12.2. The Bertz CT molecular complexity index is 537. The van der Waals surface area contributed by atoms with Gasteiger partial charge in [-0.15, -0.1) is 4.83 Å². The van der Waals surface area contributed by atoms with Crippen LogP contribution in [-0.2, 0) is 16.6 Å². The van der Waals surface area contributed by atoms with E-state index < -0.39 is 10.0 Å². The number of rotatable bonds is 4. The quantitative estimate of drug-likeness (QED) is 0.870. The third kappa shape index (κ3) is 3.54. The van der Waals surface area contributed by atoms with Crippen molar-refractivity contribution in [2.45, 2.75) is 37.7 Å². The van der Waals surface area contributed by atoms with Gasteiger partial charge in [-0.2, -0.15) is 0 Å². The molecule has 2 N–H and O–H groups in total. The summed E-state index contributed by atoms with van der Waals surface area (Å²) in [4.78, 5) is 2.81. The second-order valence-electron chi connectivity index (χ2n) is 4.89. The third-order valence-electron chi connectivity index (χ3n) is 3.41. The average molecular weight is 284 g/mol. The number of piperidine rings is 1. The minimum absolute atomic E-state index is 0.154. The second kappa shape index (κ2) is 6.00. The Kier molecular flexibility index (Phi) is 4.57. The van der Waals surface area contributed by atoms with Crippen LogP contribution in [0.1, 0.15) is 30.4 Å². The van der Waals surface area contributed by atoms with Crippen LogP contribution in [0.25, 0.3) is 0 Å². The van der Waals surface area contributed by atoms with Crippen molar-refractivity contribution in [1.82, 2.24) is 9.84 Å². The van der Waals surface area contributed by atoms with Gasteiger partial charge in [0.25, 0.3) is 10.0 Å². The summed E-state index contributed by atoms with van der Waals surface area (Å²) >= 11 is 0. The van der Waals surface area contributed by atoms with Crippen LogP contribution in [0.4, 0.5) is 0 Å². The van der Waals surface area contributed by atoms with Gasteiger partial charge in [0, 0.05) is 13.1 Å². The molecule has 0 atom stereocenters. The van der Waals surface area contributed by atoms with E-state index in [1.165, 1.54) is 6.07 Å². The summed E-state index contributed by atoms with van der Waals surface area (Å²) in [6, 6.07) is 4.82. The van der Waals surface area contributed by atoms with Crippen LogP contribution >= 0.6 is 0 Å². The molecule has 1 fully saturated rings. The molecule has 1 saturated heterocycles. The number of aryl methyl sites for hydroxylation is 1. The van der Waals surface area contributed by atoms with Crippen molar-refractivity contribution in [3.05, 3.63) is 29.3 Å². The predicted molar refractivity (Wildman–Crippen MR) is 72.8 cm³/mol. The van der Waals surface area contributed by atoms with Gasteiger partial charge in [0.1, 0.15) is 0 Å². The van der Waals surface area contributed by atoms with Gasteiger partial charge in [-0.25, -0.2) is 13.4 Å². The molecular weight excluding hydrogens is 264 g/mol. The molecule has 1 heterocycles. The molecule has 19 heavy (non-hydrogen) atoms. The number of aliphatic hydroxyl groups is 1. The summed E-state index contributed by atoms with van der Waals surface area (Å²) in [6.07, 6.45) is 3.17. The lowest BCUT2D eigenvalue weighted by atomic mass is 10.1. The van der Waals surface area contributed by atoms with Gasteiger partial charge in [0.05, 0.1) is 11.5 Å². The van der Waals surface area contributed by atoms with E-state index in [-0.39, 0.29) is 11.5 Å². The minimum Gasteiger partial charge on any atom is -0.392 e. The number of nitrogens with one attached hydrogen (secondary N) is 1. The van der Waals surface area contributed by atoms with Crippen LogP contribution in [0.15, 0.2) is 23.1 Å². The van der Waals surface area contributed by atoms with Crippen molar-refractivity contribution in [2.75, 3.05) is 13.1 Å². The van der Waals surface area contributed by atoms with E-state index in [9.17, 15) is 13.5 Å². The molecule has 2 rings (SSSR count). The van der Waals surface area contributed by atoms with Gasteiger partial charge >= 0.3 is 0 Å². The van der Waals surface area contributed by atoms with Crippen molar-refractivity contribution < 1.29 is 13.5 Å². The highest BCUT2D eigenvalue weighted by Crippen LogP contribution is 2.16. The van der Waals surface area contributed by atoms with Gasteiger partial charge in [-0.05, 0) is 43.0 Å². The molecule has 0 amide bonds. The highest BCUT2D eigenvalue weighted by Gasteiger charge is 2.20. The van der Waals surface area contributed by atoms with E-state index in [1.807, 2.05) is 6.92 Å². The first kappa shape index (κ1) is 14.5. The third-order valence-corrected chi connectivity index (χ3v) is 4.78. The van der Waals surface area contributed by atoms with Crippen molar-refractivity contribution in [3.63, 3.8) is 0 Å². The van der Waals surface area contributed by atoms with Crippen molar-refractivity contribution >= 4 is 10.0 Å². The molecule has 106 valence electrons. The molecule has 5 nitrogen and oxygen atoms in total. The molecule has 1 aromatic rings. The van der Waals surface area contributed by atoms with Crippen LogP contribution < -0.4 is 4.83 Å². The molecule has 1 aromatic carbocycles. The van der Waals surface area contributed by atoms with E-state index in [0.29, 0.717) is 5.56 Å². The molecule has 0 aliphatic carbocycles. The Balaban J connectivity index is 2.18. The number of hydrogen-bond acceptors (Lipinski definition) is 4. The molecule has 0 unspecified atom stereocenters. The second-order valence-corrected chi connectivity index (χ2v) is 6.55. The van der Waals surface area contributed by atoms with E-state index in [1.54, 1.807) is 17.1 Å². The Morgan fingerprint density at radius 2 is 1.95 bits per heavy atom. The highest BCUT2D eigenvalue weighted by molar-refractivity contribution is 7.89. The molecule has 1 aliphatic rings. The highest BCUT2D eigenvalue weighted by atomic mass is 32.2. The molecular formula is C13H20N2O3S. The predicted octanol–water partition coefficient (Wildman–Crippen LogP) is 1.17. The van der Waals surface area contributed by atoms with Crippen LogP contribution in [0.5, 0.6) is 0 Å². The van der Waals surface area contributed by atoms with Gasteiger partial charge in [-0.1, -0.05) is 12.5 Å². The fraction of sp³-hybridized carbons (Fsp3) is 0.538. The molecule has 0 radical (unpaired) electrons. The minimum atomic E-state index is -3.54. The van der Waals surface area contributed by atoms with Crippen molar-refractivity contribution in [1.29, 1.82) is 0 Å². The van der Waals surface area contributed by atoms with Crippen LogP contribution in [-0.4, -0.2) is 31.6 Å². The van der Waals surface area contributed by atoms with Gasteiger partial charge in [-0.3, -0.25) is 0 Å². The van der Waals surface area contributed by atoms with Crippen molar-refractivity contribution in [2.24, 2.45) is 0 Å². The van der Waals surface area contributed by atoms with E-state index in [4.69, 9.17) is 0 Å². The largest absolute Gasteiger partial charge is 0.392 e. The van der Waals surface area contributed by atoms with E-state index >= 15 is 0 Å². The number of benzene rings is 1. The number of hydrogen-bond donors (Lipinski definition) is 2. The normalized spacial score (nSPS) is 17.6. The molecule has 0 aromatic heterocycles. The van der Waals surface area contributed by atoms with Gasteiger partial charge < -0.3 is 5.11 Å². The number of aliphatic hydroxyl groups excluding tert-OH is 1. The summed E-state index contributed by atoms with van der Waals surface area (Å²) in [6.45, 7) is 3.19. The Hall–Kier alpha value is -0.950. The zero-order chi connectivity index (χ0) is 13.9. The van der Waals surface area contributed by atoms with Gasteiger partial charge in [0.15, 0.2) is 0 Å².